The number of nitro groups is 1. The van der Waals surface area contributed by atoms with Gasteiger partial charge < -0.3 is 4.90 Å². The fourth-order valence-corrected chi connectivity index (χ4v) is 4.42. The van der Waals surface area contributed by atoms with Gasteiger partial charge in [-0.05, 0) is 24.1 Å². The molecular weight excluding hydrogens is 406 g/mol. The van der Waals surface area contributed by atoms with Gasteiger partial charge in [-0.25, -0.2) is 9.38 Å². The maximum Gasteiger partial charge on any atom is 0.280 e. The standard InChI is InChI=1S/C23H25N7O2/c1-16(2)15-27-11-13-28(14-12-27)23-24-19-9-5-3-7-17(19)21-25-26-22(29(21)23)18-8-4-6-10-20(18)30(31)32/h3-10,16H,11-15H2,1-2H3. The van der Waals surface area contributed by atoms with Gasteiger partial charge >= 0.3 is 0 Å². The van der Waals surface area contributed by atoms with E-state index in [4.69, 9.17) is 4.98 Å². The third-order valence-corrected chi connectivity index (χ3v) is 5.85. The molecular formula is C23H25N7O2. The highest BCUT2D eigenvalue weighted by Gasteiger charge is 2.26. The third kappa shape index (κ3) is 3.54. The highest BCUT2D eigenvalue weighted by molar-refractivity contribution is 5.93. The second-order valence-corrected chi connectivity index (χ2v) is 8.57. The zero-order valence-corrected chi connectivity index (χ0v) is 18.2. The maximum atomic E-state index is 11.7. The summed E-state index contributed by atoms with van der Waals surface area (Å²) < 4.78 is 1.88. The van der Waals surface area contributed by atoms with E-state index in [1.165, 1.54) is 6.07 Å². The minimum absolute atomic E-state index is 0.00246. The summed E-state index contributed by atoms with van der Waals surface area (Å²) in [5, 5.41) is 21.4. The Bertz CT molecular complexity index is 1290. The van der Waals surface area contributed by atoms with Crippen LogP contribution in [0, 0.1) is 16.0 Å². The molecule has 1 saturated heterocycles. The highest BCUT2D eigenvalue weighted by Crippen LogP contribution is 2.33. The molecule has 1 fully saturated rings. The number of aromatic nitrogens is 4. The van der Waals surface area contributed by atoms with E-state index in [1.807, 2.05) is 28.7 Å². The van der Waals surface area contributed by atoms with Crippen molar-refractivity contribution in [3.63, 3.8) is 0 Å². The van der Waals surface area contributed by atoms with Crippen LogP contribution in [0.3, 0.4) is 0 Å². The molecule has 0 bridgehead atoms. The number of nitro benzene ring substituents is 1. The lowest BCUT2D eigenvalue weighted by atomic mass is 10.1. The van der Waals surface area contributed by atoms with Crippen molar-refractivity contribution in [2.24, 2.45) is 5.92 Å². The second-order valence-electron chi connectivity index (χ2n) is 8.57. The lowest BCUT2D eigenvalue weighted by Gasteiger charge is -2.36. The molecule has 3 heterocycles. The largest absolute Gasteiger partial charge is 0.339 e. The topological polar surface area (TPSA) is 92.7 Å². The number of para-hydroxylation sites is 2. The fourth-order valence-electron chi connectivity index (χ4n) is 4.42. The lowest BCUT2D eigenvalue weighted by molar-refractivity contribution is -0.384. The molecule has 9 nitrogen and oxygen atoms in total. The smallest absolute Gasteiger partial charge is 0.280 e. The summed E-state index contributed by atoms with van der Waals surface area (Å²) >= 11 is 0. The highest BCUT2D eigenvalue weighted by atomic mass is 16.6. The molecule has 0 spiro atoms. The predicted molar refractivity (Wildman–Crippen MR) is 124 cm³/mol. The molecule has 0 radical (unpaired) electrons. The van der Waals surface area contributed by atoms with E-state index >= 15 is 0 Å². The Balaban J connectivity index is 1.67. The number of anilines is 1. The van der Waals surface area contributed by atoms with Crippen LogP contribution in [-0.2, 0) is 0 Å². The van der Waals surface area contributed by atoms with Crippen molar-refractivity contribution < 1.29 is 4.92 Å². The molecule has 1 aliphatic heterocycles. The zero-order valence-electron chi connectivity index (χ0n) is 18.2. The van der Waals surface area contributed by atoms with Gasteiger partial charge in [0, 0.05) is 44.2 Å². The van der Waals surface area contributed by atoms with Crippen LogP contribution >= 0.6 is 0 Å². The monoisotopic (exact) mass is 431 g/mol. The van der Waals surface area contributed by atoms with Gasteiger partial charge in [-0.1, -0.05) is 38.1 Å². The molecule has 0 atom stereocenters. The summed E-state index contributed by atoms with van der Waals surface area (Å²) in [5.41, 5.74) is 1.92. The Morgan fingerprint density at radius 2 is 1.72 bits per heavy atom. The fraction of sp³-hybridized carbons (Fsp3) is 0.348. The average molecular weight is 432 g/mol. The molecule has 1 aliphatic rings. The number of benzene rings is 2. The lowest BCUT2D eigenvalue weighted by Crippen LogP contribution is -2.48. The molecule has 5 rings (SSSR count). The first kappa shape index (κ1) is 20.3. The quantitative estimate of drug-likeness (QED) is 0.352. The summed E-state index contributed by atoms with van der Waals surface area (Å²) in [5.74, 6) is 1.78. The van der Waals surface area contributed by atoms with E-state index in [0.29, 0.717) is 23.0 Å². The third-order valence-electron chi connectivity index (χ3n) is 5.85. The zero-order chi connectivity index (χ0) is 22.2. The van der Waals surface area contributed by atoms with Crippen molar-refractivity contribution in [2.75, 3.05) is 37.6 Å². The average Bonchev–Trinajstić information content (AvgIpc) is 3.24. The van der Waals surface area contributed by atoms with Gasteiger partial charge in [0.05, 0.1) is 16.0 Å². The Morgan fingerprint density at radius 1 is 1.00 bits per heavy atom. The van der Waals surface area contributed by atoms with Crippen molar-refractivity contribution in [3.8, 4) is 11.4 Å². The summed E-state index contributed by atoms with van der Waals surface area (Å²) in [6, 6.07) is 14.5. The van der Waals surface area contributed by atoms with Crippen LogP contribution in [-0.4, -0.2) is 62.1 Å². The molecule has 9 heteroatoms. The summed E-state index contributed by atoms with van der Waals surface area (Å²) in [6.07, 6.45) is 0. The van der Waals surface area contributed by atoms with Gasteiger partial charge in [0.25, 0.3) is 5.69 Å². The summed E-state index contributed by atoms with van der Waals surface area (Å²) in [7, 11) is 0. The molecule has 164 valence electrons. The van der Waals surface area contributed by atoms with E-state index in [9.17, 15) is 10.1 Å². The van der Waals surface area contributed by atoms with E-state index in [-0.39, 0.29) is 10.6 Å². The van der Waals surface area contributed by atoms with E-state index in [1.54, 1.807) is 18.2 Å². The van der Waals surface area contributed by atoms with Crippen LogP contribution in [0.2, 0.25) is 0 Å². The number of fused-ring (bicyclic) bond motifs is 3. The van der Waals surface area contributed by atoms with Crippen LogP contribution < -0.4 is 4.90 Å². The number of hydrogen-bond donors (Lipinski definition) is 0. The Kier molecular flexibility index (Phi) is 5.18. The van der Waals surface area contributed by atoms with Gasteiger partial charge in [0.15, 0.2) is 11.5 Å². The minimum Gasteiger partial charge on any atom is -0.339 e. The summed E-state index contributed by atoms with van der Waals surface area (Å²) in [4.78, 5) is 21.0. The van der Waals surface area contributed by atoms with Gasteiger partial charge in [0.1, 0.15) is 0 Å². The molecule has 2 aromatic heterocycles. The minimum atomic E-state index is -0.380. The normalized spacial score (nSPS) is 15.2. The van der Waals surface area contributed by atoms with E-state index in [2.05, 4.69) is 33.8 Å². The van der Waals surface area contributed by atoms with Gasteiger partial charge in [-0.15, -0.1) is 10.2 Å². The first-order valence-electron chi connectivity index (χ1n) is 10.9. The van der Waals surface area contributed by atoms with Crippen LogP contribution in [0.25, 0.3) is 27.9 Å². The van der Waals surface area contributed by atoms with Crippen molar-refractivity contribution >= 4 is 28.2 Å². The van der Waals surface area contributed by atoms with Crippen molar-refractivity contribution in [2.45, 2.75) is 13.8 Å². The molecule has 0 N–H and O–H groups in total. The molecule has 4 aromatic rings. The molecule has 0 amide bonds. The second kappa shape index (κ2) is 8.16. The Hall–Kier alpha value is -3.59. The van der Waals surface area contributed by atoms with Gasteiger partial charge in [-0.2, -0.15) is 0 Å². The number of hydrogen-bond acceptors (Lipinski definition) is 7. The first-order chi connectivity index (χ1) is 15.5. The SMILES string of the molecule is CC(C)CN1CCN(c2nc3ccccc3c3nnc(-c4ccccc4[N+](=O)[O-])n23)CC1. The Labute approximate surface area is 185 Å². The Morgan fingerprint density at radius 3 is 2.47 bits per heavy atom. The number of rotatable bonds is 5. The van der Waals surface area contributed by atoms with Crippen LogP contribution in [0.15, 0.2) is 48.5 Å². The van der Waals surface area contributed by atoms with Crippen molar-refractivity contribution in [3.05, 3.63) is 58.6 Å². The van der Waals surface area contributed by atoms with Crippen molar-refractivity contribution in [1.82, 2.24) is 24.5 Å². The van der Waals surface area contributed by atoms with Gasteiger partial charge in [-0.3, -0.25) is 15.0 Å². The van der Waals surface area contributed by atoms with Gasteiger partial charge in [0.2, 0.25) is 5.95 Å². The molecule has 0 unspecified atom stereocenters. The van der Waals surface area contributed by atoms with Crippen LogP contribution in [0.1, 0.15) is 13.8 Å². The molecule has 0 aliphatic carbocycles. The maximum absolute atomic E-state index is 11.7. The predicted octanol–water partition coefficient (Wildman–Crippen LogP) is 3.63. The van der Waals surface area contributed by atoms with Crippen LogP contribution in [0.5, 0.6) is 0 Å². The molecule has 0 saturated carbocycles. The summed E-state index contributed by atoms with van der Waals surface area (Å²) in [6.45, 7) is 9.06. The molecule has 2 aromatic carbocycles. The molecule has 32 heavy (non-hydrogen) atoms. The number of nitrogens with zero attached hydrogens (tertiary/aromatic N) is 7. The first-order valence-corrected chi connectivity index (χ1v) is 10.9. The number of piperazine rings is 1. The van der Waals surface area contributed by atoms with Crippen molar-refractivity contribution in [1.29, 1.82) is 0 Å². The van der Waals surface area contributed by atoms with E-state index < -0.39 is 0 Å². The van der Waals surface area contributed by atoms with Crippen LogP contribution in [0.4, 0.5) is 11.6 Å². The van der Waals surface area contributed by atoms with E-state index in [0.717, 1.165) is 49.6 Å².